The summed E-state index contributed by atoms with van der Waals surface area (Å²) >= 11 is 6.22. The van der Waals surface area contributed by atoms with Crippen molar-refractivity contribution in [2.24, 2.45) is 0 Å². The summed E-state index contributed by atoms with van der Waals surface area (Å²) in [5, 5.41) is 8.25. The van der Waals surface area contributed by atoms with Crippen LogP contribution in [0.2, 0.25) is 5.02 Å². The van der Waals surface area contributed by atoms with Crippen LogP contribution < -0.4 is 5.32 Å². The first-order valence-electron chi connectivity index (χ1n) is 6.10. The van der Waals surface area contributed by atoms with Crippen molar-refractivity contribution in [1.82, 2.24) is 15.1 Å². The number of rotatable bonds is 7. The number of aryl methyl sites for hydroxylation is 1. The van der Waals surface area contributed by atoms with E-state index in [1.165, 1.54) is 0 Å². The Hall–Kier alpha value is -0.580. The summed E-state index contributed by atoms with van der Waals surface area (Å²) in [5.74, 6) is 0. The molecule has 0 saturated carbocycles. The number of hydrogen-bond acceptors (Lipinski definition) is 3. The minimum Gasteiger partial charge on any atom is -0.379 e. The molecule has 17 heavy (non-hydrogen) atoms. The smallest absolute Gasteiger partial charge is 0.0835 e. The minimum atomic E-state index is 0.0786. The summed E-state index contributed by atoms with van der Waals surface area (Å²) in [5.41, 5.74) is 1.01. The lowest BCUT2D eigenvalue weighted by Crippen LogP contribution is -2.33. The van der Waals surface area contributed by atoms with Gasteiger partial charge < -0.3 is 10.1 Å². The quantitative estimate of drug-likeness (QED) is 0.818. The third-order valence-corrected chi connectivity index (χ3v) is 3.28. The van der Waals surface area contributed by atoms with E-state index < -0.39 is 0 Å². The zero-order valence-electron chi connectivity index (χ0n) is 11.0. The van der Waals surface area contributed by atoms with E-state index in [0.29, 0.717) is 5.02 Å². The zero-order chi connectivity index (χ0) is 12.8. The third kappa shape index (κ3) is 3.21. The van der Waals surface area contributed by atoms with Gasteiger partial charge in [0.1, 0.15) is 0 Å². The molecule has 1 heterocycles. The average molecular weight is 260 g/mol. The molecule has 1 N–H and O–H groups in total. The Kier molecular flexibility index (Phi) is 5.95. The molecule has 0 fully saturated rings. The van der Waals surface area contributed by atoms with Gasteiger partial charge in [-0.3, -0.25) is 4.68 Å². The van der Waals surface area contributed by atoms with Gasteiger partial charge in [0, 0.05) is 13.7 Å². The van der Waals surface area contributed by atoms with Crippen LogP contribution in [0.3, 0.4) is 0 Å². The normalized spacial score (nSPS) is 14.9. The van der Waals surface area contributed by atoms with Crippen molar-refractivity contribution in [3.05, 3.63) is 16.9 Å². The first kappa shape index (κ1) is 14.5. The molecule has 0 saturated heterocycles. The van der Waals surface area contributed by atoms with Gasteiger partial charge in [-0.25, -0.2) is 0 Å². The Bertz CT molecular complexity index is 340. The Morgan fingerprint density at radius 3 is 2.71 bits per heavy atom. The molecule has 2 unspecified atom stereocenters. The molecule has 1 aromatic heterocycles. The fourth-order valence-electron chi connectivity index (χ4n) is 2.14. The molecule has 0 aliphatic carbocycles. The van der Waals surface area contributed by atoms with Crippen molar-refractivity contribution >= 4 is 11.6 Å². The van der Waals surface area contributed by atoms with Crippen LogP contribution in [-0.2, 0) is 11.3 Å². The fraction of sp³-hybridized carbons (Fsp3) is 0.750. The molecule has 0 bridgehead atoms. The maximum Gasteiger partial charge on any atom is 0.0835 e. The van der Waals surface area contributed by atoms with Gasteiger partial charge in [0.05, 0.1) is 29.1 Å². The lowest BCUT2D eigenvalue weighted by molar-refractivity contribution is 0.0603. The Morgan fingerprint density at radius 2 is 2.24 bits per heavy atom. The van der Waals surface area contributed by atoms with Crippen molar-refractivity contribution in [2.45, 2.75) is 45.4 Å². The predicted molar refractivity (Wildman–Crippen MR) is 70.4 cm³/mol. The number of methoxy groups -OCH3 is 1. The largest absolute Gasteiger partial charge is 0.379 e. The van der Waals surface area contributed by atoms with E-state index in [2.05, 4.69) is 24.3 Å². The summed E-state index contributed by atoms with van der Waals surface area (Å²) < 4.78 is 7.48. The van der Waals surface area contributed by atoms with E-state index in [1.807, 2.05) is 11.7 Å². The van der Waals surface area contributed by atoms with Crippen LogP contribution in [-0.4, -0.2) is 30.0 Å². The lowest BCUT2D eigenvalue weighted by Gasteiger charge is -2.26. The average Bonchev–Trinajstić information content (AvgIpc) is 2.71. The van der Waals surface area contributed by atoms with Gasteiger partial charge in [0.15, 0.2) is 0 Å². The van der Waals surface area contributed by atoms with E-state index in [4.69, 9.17) is 16.3 Å². The summed E-state index contributed by atoms with van der Waals surface area (Å²) in [4.78, 5) is 0. The number of likely N-dealkylation sites (N-methyl/N-ethyl adjacent to an activating group) is 1. The molecular weight excluding hydrogens is 238 g/mol. The molecule has 0 amide bonds. The van der Waals surface area contributed by atoms with Gasteiger partial charge in [-0.2, -0.15) is 5.10 Å². The Morgan fingerprint density at radius 1 is 1.53 bits per heavy atom. The molecule has 0 radical (unpaired) electrons. The monoisotopic (exact) mass is 259 g/mol. The number of nitrogens with zero attached hydrogens (tertiary/aromatic N) is 2. The number of nitrogens with one attached hydrogen (secondary N) is 1. The number of ether oxygens (including phenoxy) is 1. The van der Waals surface area contributed by atoms with Crippen LogP contribution in [0.15, 0.2) is 6.20 Å². The highest BCUT2D eigenvalue weighted by atomic mass is 35.5. The molecule has 0 spiro atoms. The first-order chi connectivity index (χ1) is 8.19. The molecule has 5 heteroatoms. The number of halogens is 1. The molecule has 1 rings (SSSR count). The highest BCUT2D eigenvalue weighted by molar-refractivity contribution is 6.31. The fourth-order valence-corrected chi connectivity index (χ4v) is 2.40. The van der Waals surface area contributed by atoms with E-state index >= 15 is 0 Å². The third-order valence-electron chi connectivity index (χ3n) is 2.99. The van der Waals surface area contributed by atoms with Crippen molar-refractivity contribution in [2.75, 3.05) is 14.2 Å². The number of hydrogen-bond donors (Lipinski definition) is 1. The second-order valence-electron chi connectivity index (χ2n) is 4.02. The van der Waals surface area contributed by atoms with Crippen LogP contribution in [0.1, 0.15) is 38.4 Å². The highest BCUT2D eigenvalue weighted by Crippen LogP contribution is 2.28. The van der Waals surface area contributed by atoms with Crippen LogP contribution in [0.25, 0.3) is 0 Å². The topological polar surface area (TPSA) is 39.1 Å². The molecule has 4 nitrogen and oxygen atoms in total. The summed E-state index contributed by atoms with van der Waals surface area (Å²) in [6, 6.07) is 0.0786. The second kappa shape index (κ2) is 6.99. The predicted octanol–water partition coefficient (Wildman–Crippen LogP) is 2.63. The number of aromatic nitrogens is 2. The molecule has 0 aliphatic heterocycles. The standard InChI is InChI=1S/C12H22ClN3O/c1-5-7-10(17-4)11(14-3)12-9(13)8-15-16(12)6-2/h8,10-11,14H,5-7H2,1-4H3. The zero-order valence-corrected chi connectivity index (χ0v) is 11.8. The first-order valence-corrected chi connectivity index (χ1v) is 6.48. The van der Waals surface area contributed by atoms with Crippen LogP contribution >= 0.6 is 11.6 Å². The lowest BCUT2D eigenvalue weighted by atomic mass is 10.0. The second-order valence-corrected chi connectivity index (χ2v) is 4.43. The summed E-state index contributed by atoms with van der Waals surface area (Å²) in [6.45, 7) is 5.02. The van der Waals surface area contributed by atoms with Gasteiger partial charge in [-0.15, -0.1) is 0 Å². The molecule has 0 aliphatic rings. The van der Waals surface area contributed by atoms with Crippen molar-refractivity contribution in [1.29, 1.82) is 0 Å². The molecular formula is C12H22ClN3O. The van der Waals surface area contributed by atoms with E-state index in [0.717, 1.165) is 25.1 Å². The van der Waals surface area contributed by atoms with Gasteiger partial charge in [-0.05, 0) is 20.4 Å². The highest BCUT2D eigenvalue weighted by Gasteiger charge is 2.26. The van der Waals surface area contributed by atoms with E-state index in [1.54, 1.807) is 13.3 Å². The van der Waals surface area contributed by atoms with Gasteiger partial charge in [0.2, 0.25) is 0 Å². The van der Waals surface area contributed by atoms with E-state index in [9.17, 15) is 0 Å². The maximum atomic E-state index is 6.22. The SMILES string of the molecule is CCCC(OC)C(NC)c1c(Cl)cnn1CC. The van der Waals surface area contributed by atoms with Crippen molar-refractivity contribution < 1.29 is 4.74 Å². The Labute approximate surface area is 108 Å². The Balaban J connectivity index is 3.02. The van der Waals surface area contributed by atoms with Crippen LogP contribution in [0.5, 0.6) is 0 Å². The van der Waals surface area contributed by atoms with E-state index in [-0.39, 0.29) is 12.1 Å². The van der Waals surface area contributed by atoms with Gasteiger partial charge in [-0.1, -0.05) is 24.9 Å². The van der Waals surface area contributed by atoms with Crippen molar-refractivity contribution in [3.8, 4) is 0 Å². The minimum absolute atomic E-state index is 0.0786. The summed E-state index contributed by atoms with van der Waals surface area (Å²) in [6.07, 6.45) is 3.88. The molecule has 2 atom stereocenters. The van der Waals surface area contributed by atoms with Gasteiger partial charge >= 0.3 is 0 Å². The maximum absolute atomic E-state index is 6.22. The summed E-state index contributed by atoms with van der Waals surface area (Å²) in [7, 11) is 3.67. The van der Waals surface area contributed by atoms with Crippen LogP contribution in [0, 0.1) is 0 Å². The molecule has 0 aromatic carbocycles. The molecule has 98 valence electrons. The van der Waals surface area contributed by atoms with Gasteiger partial charge in [0.25, 0.3) is 0 Å². The molecule has 1 aromatic rings. The van der Waals surface area contributed by atoms with Crippen molar-refractivity contribution in [3.63, 3.8) is 0 Å². The van der Waals surface area contributed by atoms with Crippen LogP contribution in [0.4, 0.5) is 0 Å².